The van der Waals surface area contributed by atoms with Gasteiger partial charge in [0.1, 0.15) is 10.6 Å². The standard InChI is InChI=1S/C17H14N2O4S/c20-15(21)7-11-9-24-16(18-11)13-6-10-2-3-12(19-4-1-5-19)8-14(10)23-17(13)22/h2-3,6,8-9H,1,4-5,7H2,(H,20,21). The van der Waals surface area contributed by atoms with Gasteiger partial charge in [0.25, 0.3) is 0 Å². The molecule has 7 heteroatoms. The Labute approximate surface area is 141 Å². The van der Waals surface area contributed by atoms with E-state index in [4.69, 9.17) is 9.52 Å². The molecule has 122 valence electrons. The SMILES string of the molecule is O=C(O)Cc1csc(-c2cc3ccc(N4CCC4)cc3oc2=O)n1. The Hall–Kier alpha value is -2.67. The molecule has 1 aliphatic heterocycles. The number of benzene rings is 1. The maximum Gasteiger partial charge on any atom is 0.346 e. The number of aromatic nitrogens is 1. The average molecular weight is 342 g/mol. The molecule has 1 aromatic carbocycles. The number of fused-ring (bicyclic) bond motifs is 1. The normalized spacial score (nSPS) is 13.9. The van der Waals surface area contributed by atoms with Gasteiger partial charge < -0.3 is 14.4 Å². The van der Waals surface area contributed by atoms with E-state index < -0.39 is 11.6 Å². The summed E-state index contributed by atoms with van der Waals surface area (Å²) in [5, 5.41) is 11.8. The lowest BCUT2D eigenvalue weighted by molar-refractivity contribution is -0.136. The number of hydrogen-bond acceptors (Lipinski definition) is 6. The molecule has 0 amide bonds. The molecule has 0 bridgehead atoms. The molecular weight excluding hydrogens is 328 g/mol. The van der Waals surface area contributed by atoms with Crippen molar-refractivity contribution >= 4 is 34.0 Å². The Morgan fingerprint density at radius 3 is 2.88 bits per heavy atom. The van der Waals surface area contributed by atoms with Crippen LogP contribution in [0.5, 0.6) is 0 Å². The second-order valence-corrected chi connectivity index (χ2v) is 6.58. The van der Waals surface area contributed by atoms with Crippen molar-refractivity contribution < 1.29 is 14.3 Å². The van der Waals surface area contributed by atoms with Crippen LogP contribution in [0.25, 0.3) is 21.5 Å². The molecule has 1 fully saturated rings. The van der Waals surface area contributed by atoms with Crippen molar-refractivity contribution in [3.63, 3.8) is 0 Å². The molecule has 0 aliphatic carbocycles. The lowest BCUT2D eigenvalue weighted by Crippen LogP contribution is -2.36. The van der Waals surface area contributed by atoms with Gasteiger partial charge in [0.15, 0.2) is 0 Å². The van der Waals surface area contributed by atoms with Crippen LogP contribution in [0.15, 0.2) is 38.9 Å². The third kappa shape index (κ3) is 2.67. The number of thiazole rings is 1. The predicted molar refractivity (Wildman–Crippen MR) is 91.8 cm³/mol. The first-order valence-corrected chi connectivity index (χ1v) is 8.47. The average Bonchev–Trinajstić information content (AvgIpc) is 2.92. The summed E-state index contributed by atoms with van der Waals surface area (Å²) in [4.78, 5) is 29.5. The smallest absolute Gasteiger partial charge is 0.346 e. The number of rotatable bonds is 4. The number of carbonyl (C=O) groups is 1. The van der Waals surface area contributed by atoms with Crippen molar-refractivity contribution in [3.05, 3.63) is 45.8 Å². The molecule has 0 spiro atoms. The Morgan fingerprint density at radius 2 is 2.17 bits per heavy atom. The largest absolute Gasteiger partial charge is 0.481 e. The fraction of sp³-hybridized carbons (Fsp3) is 0.235. The maximum absolute atomic E-state index is 12.3. The van der Waals surface area contributed by atoms with Crippen LogP contribution in [0.1, 0.15) is 12.1 Å². The van der Waals surface area contributed by atoms with Crippen LogP contribution in [0.4, 0.5) is 5.69 Å². The summed E-state index contributed by atoms with van der Waals surface area (Å²) in [6, 6.07) is 7.59. The molecule has 4 rings (SSSR count). The number of nitrogens with zero attached hydrogens (tertiary/aromatic N) is 2. The van der Waals surface area contributed by atoms with Crippen molar-refractivity contribution in [2.45, 2.75) is 12.8 Å². The van der Waals surface area contributed by atoms with E-state index in [1.165, 1.54) is 17.8 Å². The van der Waals surface area contributed by atoms with Gasteiger partial charge in [0.2, 0.25) is 0 Å². The van der Waals surface area contributed by atoms with E-state index in [1.54, 1.807) is 11.4 Å². The van der Waals surface area contributed by atoms with Gasteiger partial charge in [-0.1, -0.05) is 0 Å². The minimum atomic E-state index is -0.948. The topological polar surface area (TPSA) is 83.6 Å². The lowest BCUT2D eigenvalue weighted by atomic mass is 10.1. The Bertz CT molecular complexity index is 988. The minimum Gasteiger partial charge on any atom is -0.481 e. The van der Waals surface area contributed by atoms with Crippen molar-refractivity contribution in [2.24, 2.45) is 0 Å². The highest BCUT2D eigenvalue weighted by Gasteiger charge is 2.17. The summed E-state index contributed by atoms with van der Waals surface area (Å²) >= 11 is 1.25. The molecule has 0 unspecified atom stereocenters. The van der Waals surface area contributed by atoms with Crippen molar-refractivity contribution in [2.75, 3.05) is 18.0 Å². The molecule has 24 heavy (non-hydrogen) atoms. The Balaban J connectivity index is 1.73. The van der Waals surface area contributed by atoms with Crippen LogP contribution in [0.3, 0.4) is 0 Å². The maximum atomic E-state index is 12.3. The molecule has 0 atom stereocenters. The molecular formula is C17H14N2O4S. The summed E-state index contributed by atoms with van der Waals surface area (Å²) in [5.74, 6) is -0.948. The van der Waals surface area contributed by atoms with Gasteiger partial charge in [-0.25, -0.2) is 9.78 Å². The molecule has 1 N–H and O–H groups in total. The first-order chi connectivity index (χ1) is 11.6. The predicted octanol–water partition coefficient (Wildman–Crippen LogP) is 2.75. The second kappa shape index (κ2) is 5.76. The zero-order chi connectivity index (χ0) is 16.7. The molecule has 1 aliphatic rings. The highest BCUT2D eigenvalue weighted by atomic mass is 32.1. The molecule has 0 saturated carbocycles. The molecule has 2 aromatic heterocycles. The van der Waals surface area contributed by atoms with Gasteiger partial charge in [0, 0.05) is 35.6 Å². The van der Waals surface area contributed by atoms with E-state index in [0.717, 1.165) is 24.2 Å². The van der Waals surface area contributed by atoms with Gasteiger partial charge in [-0.2, -0.15) is 0 Å². The first-order valence-electron chi connectivity index (χ1n) is 7.59. The Morgan fingerprint density at radius 1 is 1.33 bits per heavy atom. The summed E-state index contributed by atoms with van der Waals surface area (Å²) in [6.45, 7) is 2.05. The van der Waals surface area contributed by atoms with Crippen molar-refractivity contribution in [1.82, 2.24) is 4.98 Å². The number of hydrogen-bond donors (Lipinski definition) is 1. The number of carboxylic acids is 1. The van der Waals surface area contributed by atoms with Crippen LogP contribution in [0, 0.1) is 0 Å². The van der Waals surface area contributed by atoms with Crippen molar-refractivity contribution in [3.8, 4) is 10.6 Å². The van der Waals surface area contributed by atoms with Gasteiger partial charge in [-0.05, 0) is 24.6 Å². The fourth-order valence-corrected chi connectivity index (χ4v) is 3.51. The van der Waals surface area contributed by atoms with Gasteiger partial charge in [-0.3, -0.25) is 4.79 Å². The van der Waals surface area contributed by atoms with Crippen molar-refractivity contribution in [1.29, 1.82) is 0 Å². The van der Waals surface area contributed by atoms with Crippen LogP contribution in [0.2, 0.25) is 0 Å². The molecule has 3 heterocycles. The van der Waals surface area contributed by atoms with Crippen LogP contribution < -0.4 is 10.5 Å². The monoisotopic (exact) mass is 342 g/mol. The molecule has 0 radical (unpaired) electrons. The highest BCUT2D eigenvalue weighted by molar-refractivity contribution is 7.13. The minimum absolute atomic E-state index is 0.158. The van der Waals surface area contributed by atoms with Gasteiger partial charge >= 0.3 is 11.6 Å². The second-order valence-electron chi connectivity index (χ2n) is 5.72. The molecule has 3 aromatic rings. The summed E-state index contributed by atoms with van der Waals surface area (Å²) in [7, 11) is 0. The van der Waals surface area contributed by atoms with E-state index in [-0.39, 0.29) is 6.42 Å². The van der Waals surface area contributed by atoms with Crippen LogP contribution in [-0.4, -0.2) is 29.1 Å². The Kier molecular flexibility index (Phi) is 3.57. The van der Waals surface area contributed by atoms with Crippen LogP contribution >= 0.6 is 11.3 Å². The van der Waals surface area contributed by atoms with E-state index in [2.05, 4.69) is 9.88 Å². The summed E-state index contributed by atoms with van der Waals surface area (Å²) < 4.78 is 5.47. The highest BCUT2D eigenvalue weighted by Crippen LogP contribution is 2.28. The van der Waals surface area contributed by atoms with Gasteiger partial charge in [-0.15, -0.1) is 11.3 Å². The summed E-state index contributed by atoms with van der Waals surface area (Å²) in [5.41, 5.74) is 1.95. The molecule has 6 nitrogen and oxygen atoms in total. The first kappa shape index (κ1) is 14.9. The van der Waals surface area contributed by atoms with Gasteiger partial charge in [0.05, 0.1) is 17.7 Å². The zero-order valence-corrected chi connectivity index (χ0v) is 13.5. The number of aliphatic carboxylic acids is 1. The summed E-state index contributed by atoms with van der Waals surface area (Å²) in [6.07, 6.45) is 1.03. The van der Waals surface area contributed by atoms with Crippen LogP contribution in [-0.2, 0) is 11.2 Å². The van der Waals surface area contributed by atoms with E-state index in [1.807, 2.05) is 18.2 Å². The molecule has 1 saturated heterocycles. The number of anilines is 1. The lowest BCUT2D eigenvalue weighted by Gasteiger charge is -2.33. The zero-order valence-electron chi connectivity index (χ0n) is 12.7. The third-order valence-corrected chi connectivity index (χ3v) is 4.98. The third-order valence-electron chi connectivity index (χ3n) is 4.06. The van der Waals surface area contributed by atoms with E-state index >= 15 is 0 Å². The fourth-order valence-electron chi connectivity index (χ4n) is 2.69. The quantitative estimate of drug-likeness (QED) is 0.734. The van der Waals surface area contributed by atoms with E-state index in [9.17, 15) is 9.59 Å². The van der Waals surface area contributed by atoms with E-state index in [0.29, 0.717) is 21.8 Å². The number of carboxylic acid groups (broad SMARTS) is 1.